The van der Waals surface area contributed by atoms with Crippen LogP contribution in [0.2, 0.25) is 5.15 Å². The van der Waals surface area contributed by atoms with E-state index in [2.05, 4.69) is 4.98 Å². The lowest BCUT2D eigenvalue weighted by atomic mass is 10.1. The molecule has 0 aliphatic rings. The number of pyridine rings is 1. The van der Waals surface area contributed by atoms with Crippen molar-refractivity contribution in [3.63, 3.8) is 0 Å². The molecule has 98 valence electrons. The van der Waals surface area contributed by atoms with Gasteiger partial charge in [-0.1, -0.05) is 17.7 Å². The summed E-state index contributed by atoms with van der Waals surface area (Å²) in [6.07, 6.45) is 0. The van der Waals surface area contributed by atoms with Crippen molar-refractivity contribution < 1.29 is 14.1 Å². The largest absolute Gasteiger partial charge is 0.494 e. The van der Waals surface area contributed by atoms with E-state index in [4.69, 9.17) is 16.3 Å². The van der Waals surface area contributed by atoms with E-state index in [0.29, 0.717) is 0 Å². The van der Waals surface area contributed by atoms with Crippen molar-refractivity contribution in [2.24, 2.45) is 0 Å². The Labute approximate surface area is 112 Å². The predicted molar refractivity (Wildman–Crippen MR) is 67.8 cm³/mol. The van der Waals surface area contributed by atoms with Gasteiger partial charge < -0.3 is 4.74 Å². The Bertz CT molecular complexity index is 649. The molecule has 0 atom stereocenters. The Morgan fingerprint density at radius 1 is 1.37 bits per heavy atom. The van der Waals surface area contributed by atoms with Crippen LogP contribution in [0.1, 0.15) is 0 Å². The van der Waals surface area contributed by atoms with Crippen molar-refractivity contribution in [2.75, 3.05) is 7.11 Å². The zero-order chi connectivity index (χ0) is 14.0. The number of rotatable bonds is 3. The van der Waals surface area contributed by atoms with Gasteiger partial charge in [0.15, 0.2) is 17.3 Å². The van der Waals surface area contributed by atoms with Crippen molar-refractivity contribution in [3.8, 4) is 17.0 Å². The van der Waals surface area contributed by atoms with Gasteiger partial charge in [0.05, 0.1) is 12.0 Å². The number of aromatic nitrogens is 1. The van der Waals surface area contributed by atoms with Crippen molar-refractivity contribution in [1.29, 1.82) is 0 Å². The summed E-state index contributed by atoms with van der Waals surface area (Å²) < 4.78 is 18.9. The minimum atomic E-state index is -0.720. The molecule has 0 radical (unpaired) electrons. The molecule has 1 heterocycles. The van der Waals surface area contributed by atoms with E-state index >= 15 is 0 Å². The van der Waals surface area contributed by atoms with Gasteiger partial charge in [-0.3, -0.25) is 10.1 Å². The highest BCUT2D eigenvalue weighted by Gasteiger charge is 2.21. The average Bonchev–Trinajstić information content (AvgIpc) is 2.38. The fourth-order valence-corrected chi connectivity index (χ4v) is 1.77. The molecule has 0 saturated carbocycles. The molecule has 1 aromatic carbocycles. The van der Waals surface area contributed by atoms with E-state index in [1.807, 2.05) is 0 Å². The molecule has 0 aliphatic carbocycles. The van der Waals surface area contributed by atoms with Crippen LogP contribution in [0.15, 0.2) is 30.3 Å². The van der Waals surface area contributed by atoms with Crippen LogP contribution >= 0.6 is 11.6 Å². The first kappa shape index (κ1) is 13.2. The van der Waals surface area contributed by atoms with Gasteiger partial charge in [0.25, 0.3) is 5.69 Å². The quantitative estimate of drug-likeness (QED) is 0.491. The van der Waals surface area contributed by atoms with E-state index in [0.717, 1.165) is 0 Å². The fourth-order valence-electron chi connectivity index (χ4n) is 1.62. The van der Waals surface area contributed by atoms with Gasteiger partial charge in [-0.15, -0.1) is 0 Å². The van der Waals surface area contributed by atoms with Gasteiger partial charge in [-0.25, -0.2) is 9.37 Å². The van der Waals surface area contributed by atoms with E-state index in [1.165, 1.54) is 37.4 Å². The average molecular weight is 283 g/mol. The maximum Gasteiger partial charge on any atom is 0.295 e. The molecule has 0 spiro atoms. The summed E-state index contributed by atoms with van der Waals surface area (Å²) in [5.74, 6) is -0.739. The highest BCUT2D eigenvalue weighted by molar-refractivity contribution is 6.29. The van der Waals surface area contributed by atoms with E-state index < -0.39 is 10.7 Å². The molecule has 1 aromatic heterocycles. The molecule has 0 unspecified atom stereocenters. The number of nitro groups is 1. The number of hydrogen-bond donors (Lipinski definition) is 0. The minimum absolute atomic E-state index is 0.0198. The summed E-state index contributed by atoms with van der Waals surface area (Å²) in [5, 5.41) is 11.0. The maximum absolute atomic E-state index is 14.1. The molecule has 7 heteroatoms. The first-order valence-corrected chi connectivity index (χ1v) is 5.56. The van der Waals surface area contributed by atoms with E-state index in [-0.39, 0.29) is 27.8 Å². The number of methoxy groups -OCH3 is 1. The van der Waals surface area contributed by atoms with Crippen LogP contribution < -0.4 is 4.74 Å². The molecule has 0 saturated heterocycles. The summed E-state index contributed by atoms with van der Waals surface area (Å²) >= 11 is 5.71. The maximum atomic E-state index is 14.1. The van der Waals surface area contributed by atoms with Crippen molar-refractivity contribution >= 4 is 17.3 Å². The van der Waals surface area contributed by atoms with Crippen LogP contribution in [0.3, 0.4) is 0 Å². The molecule has 2 aromatic rings. The molecule has 0 amide bonds. The van der Waals surface area contributed by atoms with Crippen LogP contribution in [-0.4, -0.2) is 17.0 Å². The first-order chi connectivity index (χ1) is 9.04. The second kappa shape index (κ2) is 5.19. The number of nitrogens with zero attached hydrogens (tertiary/aromatic N) is 2. The summed E-state index contributed by atoms with van der Waals surface area (Å²) in [7, 11) is 1.31. The van der Waals surface area contributed by atoms with Gasteiger partial charge in [0.1, 0.15) is 5.15 Å². The zero-order valence-corrected chi connectivity index (χ0v) is 10.5. The Hall–Kier alpha value is -2.21. The van der Waals surface area contributed by atoms with Gasteiger partial charge in [-0.05, 0) is 18.2 Å². The zero-order valence-electron chi connectivity index (χ0n) is 9.76. The first-order valence-electron chi connectivity index (χ1n) is 5.18. The molecule has 0 aliphatic heterocycles. The summed E-state index contributed by atoms with van der Waals surface area (Å²) in [6, 6.07) is 6.77. The Morgan fingerprint density at radius 3 is 2.74 bits per heavy atom. The lowest BCUT2D eigenvalue weighted by Gasteiger charge is -2.07. The minimum Gasteiger partial charge on any atom is -0.494 e. The highest BCUT2D eigenvalue weighted by Crippen LogP contribution is 2.34. The monoisotopic (exact) mass is 282 g/mol. The SMILES string of the molecule is COc1cccc(-c2nc(Cl)ccc2[N+](=O)[O-])c1F. The molecular weight excluding hydrogens is 275 g/mol. The molecule has 0 bridgehead atoms. The molecule has 0 N–H and O–H groups in total. The number of halogens is 2. The Balaban J connectivity index is 2.71. The summed E-state index contributed by atoms with van der Waals surface area (Å²) in [4.78, 5) is 14.1. The van der Waals surface area contributed by atoms with Crippen molar-refractivity contribution in [1.82, 2.24) is 4.98 Å². The van der Waals surface area contributed by atoms with Crippen LogP contribution in [0.5, 0.6) is 5.75 Å². The smallest absolute Gasteiger partial charge is 0.295 e. The third-order valence-corrected chi connectivity index (χ3v) is 2.69. The van der Waals surface area contributed by atoms with Gasteiger partial charge >= 0.3 is 0 Å². The van der Waals surface area contributed by atoms with Gasteiger partial charge in [0.2, 0.25) is 0 Å². The Morgan fingerprint density at radius 2 is 2.11 bits per heavy atom. The fraction of sp³-hybridized carbons (Fsp3) is 0.0833. The third kappa shape index (κ3) is 2.48. The van der Waals surface area contributed by atoms with Crippen LogP contribution in [0, 0.1) is 15.9 Å². The molecular formula is C12H8ClFN2O3. The normalized spacial score (nSPS) is 10.3. The summed E-state index contributed by atoms with van der Waals surface area (Å²) in [5.41, 5.74) is -0.487. The van der Waals surface area contributed by atoms with Crippen LogP contribution in [0.4, 0.5) is 10.1 Å². The number of benzene rings is 1. The second-order valence-corrected chi connectivity index (χ2v) is 3.97. The van der Waals surface area contributed by atoms with Crippen LogP contribution in [-0.2, 0) is 0 Å². The summed E-state index contributed by atoms with van der Waals surface area (Å²) in [6.45, 7) is 0. The Kier molecular flexibility index (Phi) is 3.62. The third-order valence-electron chi connectivity index (χ3n) is 2.47. The van der Waals surface area contributed by atoms with E-state index in [1.54, 1.807) is 0 Å². The van der Waals surface area contributed by atoms with Crippen molar-refractivity contribution in [3.05, 3.63) is 51.4 Å². The highest BCUT2D eigenvalue weighted by atomic mass is 35.5. The van der Waals surface area contributed by atoms with Crippen molar-refractivity contribution in [2.45, 2.75) is 0 Å². The lowest BCUT2D eigenvalue weighted by Crippen LogP contribution is -1.98. The van der Waals surface area contributed by atoms with Crippen LogP contribution in [0.25, 0.3) is 11.3 Å². The predicted octanol–water partition coefficient (Wildman–Crippen LogP) is 3.46. The van der Waals surface area contributed by atoms with Gasteiger partial charge in [0, 0.05) is 11.6 Å². The number of hydrogen-bond acceptors (Lipinski definition) is 4. The number of ether oxygens (including phenoxy) is 1. The second-order valence-electron chi connectivity index (χ2n) is 3.58. The molecule has 19 heavy (non-hydrogen) atoms. The molecule has 5 nitrogen and oxygen atoms in total. The molecule has 2 rings (SSSR count). The molecule has 0 fully saturated rings. The van der Waals surface area contributed by atoms with E-state index in [9.17, 15) is 14.5 Å². The lowest BCUT2D eigenvalue weighted by molar-refractivity contribution is -0.384. The topological polar surface area (TPSA) is 65.3 Å². The standard InChI is InChI=1S/C12H8ClFN2O3/c1-19-9-4-2-3-7(11(9)14)12-8(16(17)18)5-6-10(13)15-12/h2-6H,1H3. The van der Waals surface area contributed by atoms with Gasteiger partial charge in [-0.2, -0.15) is 0 Å².